The molecule has 2 rings (SSSR count). The van der Waals surface area contributed by atoms with E-state index in [2.05, 4.69) is 17.1 Å². The van der Waals surface area contributed by atoms with E-state index in [-0.39, 0.29) is 17.9 Å². The summed E-state index contributed by atoms with van der Waals surface area (Å²) in [6, 6.07) is 0.0705. The van der Waals surface area contributed by atoms with E-state index in [1.165, 1.54) is 38.8 Å². The van der Waals surface area contributed by atoms with Gasteiger partial charge in [-0.05, 0) is 44.7 Å². The second kappa shape index (κ2) is 7.99. The summed E-state index contributed by atoms with van der Waals surface area (Å²) in [6.07, 6.45) is 8.33. The molecule has 3 unspecified atom stereocenters. The fourth-order valence-electron chi connectivity index (χ4n) is 3.54. The Morgan fingerprint density at radius 1 is 1.20 bits per heavy atom. The molecular weight excluding hydrogens is 250 g/mol. The van der Waals surface area contributed by atoms with Crippen molar-refractivity contribution in [1.82, 2.24) is 10.2 Å². The molecule has 1 saturated carbocycles. The number of hydrogen-bond acceptors (Lipinski definition) is 3. The van der Waals surface area contributed by atoms with Crippen molar-refractivity contribution in [2.75, 3.05) is 26.2 Å². The smallest absolute Gasteiger partial charge is 0.224 e. The molecule has 1 saturated heterocycles. The quantitative estimate of drug-likeness (QED) is 0.807. The molecule has 0 aromatic heterocycles. The highest BCUT2D eigenvalue weighted by atomic mass is 16.1. The molecule has 1 aliphatic carbocycles. The summed E-state index contributed by atoms with van der Waals surface area (Å²) in [7, 11) is 0. The molecule has 0 aromatic rings. The van der Waals surface area contributed by atoms with E-state index in [0.29, 0.717) is 5.92 Å². The first-order chi connectivity index (χ1) is 9.66. The molecule has 3 N–H and O–H groups in total. The van der Waals surface area contributed by atoms with E-state index < -0.39 is 0 Å². The molecule has 0 aromatic carbocycles. The summed E-state index contributed by atoms with van der Waals surface area (Å²) in [5.74, 6) is 0.755. The molecule has 116 valence electrons. The maximum absolute atomic E-state index is 12.2. The van der Waals surface area contributed by atoms with E-state index in [1.54, 1.807) is 0 Å². The van der Waals surface area contributed by atoms with Crippen molar-refractivity contribution in [1.29, 1.82) is 0 Å². The Balaban J connectivity index is 1.66. The predicted octanol–water partition coefficient (Wildman–Crippen LogP) is 1.74. The number of hydrogen-bond donors (Lipinski definition) is 2. The van der Waals surface area contributed by atoms with Crippen LogP contribution < -0.4 is 11.1 Å². The van der Waals surface area contributed by atoms with Gasteiger partial charge < -0.3 is 16.0 Å². The summed E-state index contributed by atoms with van der Waals surface area (Å²) in [5.41, 5.74) is 6.07. The summed E-state index contributed by atoms with van der Waals surface area (Å²) >= 11 is 0. The topological polar surface area (TPSA) is 58.4 Å². The van der Waals surface area contributed by atoms with Crippen LogP contribution in [-0.2, 0) is 4.79 Å². The van der Waals surface area contributed by atoms with Crippen LogP contribution in [0.4, 0.5) is 0 Å². The lowest BCUT2D eigenvalue weighted by molar-refractivity contribution is -0.126. The normalized spacial score (nSPS) is 29.9. The first-order valence-electron chi connectivity index (χ1n) is 8.42. The number of nitrogens with zero attached hydrogens (tertiary/aromatic N) is 1. The van der Waals surface area contributed by atoms with E-state index in [9.17, 15) is 4.79 Å². The predicted molar refractivity (Wildman–Crippen MR) is 82.4 cm³/mol. The number of piperidine rings is 1. The van der Waals surface area contributed by atoms with Gasteiger partial charge in [-0.1, -0.05) is 26.2 Å². The van der Waals surface area contributed by atoms with Crippen molar-refractivity contribution >= 4 is 5.91 Å². The Labute approximate surface area is 123 Å². The maximum Gasteiger partial charge on any atom is 0.224 e. The van der Waals surface area contributed by atoms with Gasteiger partial charge in [-0.15, -0.1) is 0 Å². The highest BCUT2D eigenvalue weighted by molar-refractivity contribution is 5.79. The van der Waals surface area contributed by atoms with Gasteiger partial charge in [0.2, 0.25) is 5.91 Å². The first-order valence-corrected chi connectivity index (χ1v) is 8.42. The number of amides is 1. The summed E-state index contributed by atoms with van der Waals surface area (Å²) in [4.78, 5) is 14.7. The fraction of sp³-hybridized carbons (Fsp3) is 0.938. The summed E-state index contributed by atoms with van der Waals surface area (Å²) < 4.78 is 0. The molecule has 2 aliphatic rings. The zero-order valence-electron chi connectivity index (χ0n) is 12.9. The summed E-state index contributed by atoms with van der Waals surface area (Å²) in [5, 5.41) is 3.13. The lowest BCUT2D eigenvalue weighted by Gasteiger charge is -2.30. The average Bonchev–Trinajstić information content (AvgIpc) is 2.46. The Hall–Kier alpha value is -0.610. The van der Waals surface area contributed by atoms with Crippen LogP contribution in [0.2, 0.25) is 0 Å². The number of nitrogens with one attached hydrogen (secondary N) is 1. The van der Waals surface area contributed by atoms with Crippen LogP contribution in [-0.4, -0.2) is 43.0 Å². The van der Waals surface area contributed by atoms with E-state index >= 15 is 0 Å². The van der Waals surface area contributed by atoms with Crippen LogP contribution in [0.5, 0.6) is 0 Å². The Bertz CT molecular complexity index is 302. The van der Waals surface area contributed by atoms with Crippen molar-refractivity contribution in [3.05, 3.63) is 0 Å². The largest absolute Gasteiger partial charge is 0.355 e. The molecule has 4 nitrogen and oxygen atoms in total. The molecule has 4 heteroatoms. The zero-order chi connectivity index (χ0) is 14.4. The molecule has 0 spiro atoms. The van der Waals surface area contributed by atoms with Crippen LogP contribution in [0.1, 0.15) is 51.9 Å². The molecule has 20 heavy (non-hydrogen) atoms. The van der Waals surface area contributed by atoms with Gasteiger partial charge in [0.1, 0.15) is 0 Å². The van der Waals surface area contributed by atoms with Crippen LogP contribution in [0.25, 0.3) is 0 Å². The lowest BCUT2D eigenvalue weighted by atomic mass is 9.84. The number of rotatable bonds is 5. The van der Waals surface area contributed by atoms with Gasteiger partial charge in [0.05, 0.1) is 5.92 Å². The van der Waals surface area contributed by atoms with Crippen molar-refractivity contribution in [3.63, 3.8) is 0 Å². The molecule has 2 fully saturated rings. The standard InChI is InChI=1S/C16H31N3O/c1-13(12-19-9-5-2-6-10-19)11-18-16(20)14-7-3-4-8-15(14)17/h13-15H,2-12,17H2,1H3,(H,18,20). The minimum Gasteiger partial charge on any atom is -0.355 e. The highest BCUT2D eigenvalue weighted by Gasteiger charge is 2.28. The molecule has 1 aliphatic heterocycles. The molecule has 1 heterocycles. The Morgan fingerprint density at radius 2 is 1.90 bits per heavy atom. The van der Waals surface area contributed by atoms with Crippen LogP contribution in [0, 0.1) is 11.8 Å². The molecule has 0 radical (unpaired) electrons. The third kappa shape index (κ3) is 4.74. The second-order valence-electron chi connectivity index (χ2n) is 6.77. The van der Waals surface area contributed by atoms with Gasteiger partial charge in [-0.2, -0.15) is 0 Å². The number of nitrogens with two attached hydrogens (primary N) is 1. The van der Waals surface area contributed by atoms with Crippen LogP contribution in [0.3, 0.4) is 0 Å². The number of likely N-dealkylation sites (tertiary alicyclic amines) is 1. The Kier molecular flexibility index (Phi) is 6.30. The van der Waals surface area contributed by atoms with Crippen molar-refractivity contribution in [2.45, 2.75) is 57.9 Å². The molecular formula is C16H31N3O. The number of carbonyl (C=O) groups is 1. The molecule has 0 bridgehead atoms. The minimum atomic E-state index is 0.0472. The lowest BCUT2D eigenvalue weighted by Crippen LogP contribution is -2.45. The average molecular weight is 281 g/mol. The van der Waals surface area contributed by atoms with Gasteiger partial charge in [0, 0.05) is 19.1 Å². The highest BCUT2D eigenvalue weighted by Crippen LogP contribution is 2.23. The van der Waals surface area contributed by atoms with Gasteiger partial charge >= 0.3 is 0 Å². The van der Waals surface area contributed by atoms with Gasteiger partial charge in [0.25, 0.3) is 0 Å². The fourth-order valence-corrected chi connectivity index (χ4v) is 3.54. The van der Waals surface area contributed by atoms with Crippen molar-refractivity contribution in [2.24, 2.45) is 17.6 Å². The van der Waals surface area contributed by atoms with Crippen LogP contribution in [0.15, 0.2) is 0 Å². The van der Waals surface area contributed by atoms with Gasteiger partial charge in [0.15, 0.2) is 0 Å². The third-order valence-corrected chi connectivity index (χ3v) is 4.80. The van der Waals surface area contributed by atoms with Crippen molar-refractivity contribution < 1.29 is 4.79 Å². The maximum atomic E-state index is 12.2. The number of carbonyl (C=O) groups excluding carboxylic acids is 1. The first kappa shape index (κ1) is 15.8. The third-order valence-electron chi connectivity index (χ3n) is 4.80. The Morgan fingerprint density at radius 3 is 2.60 bits per heavy atom. The van der Waals surface area contributed by atoms with E-state index in [4.69, 9.17) is 5.73 Å². The molecule has 3 atom stereocenters. The zero-order valence-corrected chi connectivity index (χ0v) is 12.9. The van der Waals surface area contributed by atoms with Crippen LogP contribution >= 0.6 is 0 Å². The van der Waals surface area contributed by atoms with E-state index in [1.807, 2.05) is 0 Å². The minimum absolute atomic E-state index is 0.0472. The molecule has 1 amide bonds. The summed E-state index contributed by atoms with van der Waals surface area (Å²) in [6.45, 7) is 6.59. The van der Waals surface area contributed by atoms with Gasteiger partial charge in [-0.25, -0.2) is 0 Å². The van der Waals surface area contributed by atoms with Crippen molar-refractivity contribution in [3.8, 4) is 0 Å². The SMILES string of the molecule is CC(CNC(=O)C1CCCCC1N)CN1CCCCC1. The van der Waals surface area contributed by atoms with Gasteiger partial charge in [-0.3, -0.25) is 4.79 Å². The van der Waals surface area contributed by atoms with E-state index in [0.717, 1.165) is 32.4 Å². The monoisotopic (exact) mass is 281 g/mol. The second-order valence-corrected chi connectivity index (χ2v) is 6.77.